The van der Waals surface area contributed by atoms with Gasteiger partial charge in [-0.25, -0.2) is 0 Å². The van der Waals surface area contributed by atoms with E-state index in [0.29, 0.717) is 0 Å². The standard InChI is InChI=1S/C21H23NO2/c1-16-14-22(13-12-18(16)17-8-4-3-5-9-17)20(15-23)19-10-6-7-11-21(19)24-2/h3-13,20,23H,14-15H2,1-2H3. The van der Waals surface area contributed by atoms with Gasteiger partial charge in [0, 0.05) is 18.3 Å². The number of benzene rings is 2. The number of hydrogen-bond donors (Lipinski definition) is 1. The van der Waals surface area contributed by atoms with E-state index in [2.05, 4.69) is 48.4 Å². The number of hydrogen-bond acceptors (Lipinski definition) is 3. The lowest BCUT2D eigenvalue weighted by Gasteiger charge is -2.34. The van der Waals surface area contributed by atoms with E-state index in [0.717, 1.165) is 17.9 Å². The molecule has 1 atom stereocenters. The van der Waals surface area contributed by atoms with E-state index in [4.69, 9.17) is 4.74 Å². The molecule has 3 nitrogen and oxygen atoms in total. The highest BCUT2D eigenvalue weighted by molar-refractivity contribution is 5.77. The lowest BCUT2D eigenvalue weighted by molar-refractivity contribution is 0.169. The van der Waals surface area contributed by atoms with Crippen LogP contribution in [0, 0.1) is 0 Å². The summed E-state index contributed by atoms with van der Waals surface area (Å²) < 4.78 is 5.46. The maximum atomic E-state index is 9.97. The van der Waals surface area contributed by atoms with Crippen LogP contribution in [0.1, 0.15) is 24.1 Å². The van der Waals surface area contributed by atoms with E-state index < -0.39 is 0 Å². The Morgan fingerprint density at radius 2 is 1.79 bits per heavy atom. The first-order valence-electron chi connectivity index (χ1n) is 8.17. The quantitative estimate of drug-likeness (QED) is 0.902. The zero-order valence-electron chi connectivity index (χ0n) is 14.1. The second-order valence-corrected chi connectivity index (χ2v) is 5.99. The summed E-state index contributed by atoms with van der Waals surface area (Å²) in [6.07, 6.45) is 4.20. The van der Waals surface area contributed by atoms with Crippen LogP contribution in [0.25, 0.3) is 5.57 Å². The molecule has 24 heavy (non-hydrogen) atoms. The van der Waals surface area contributed by atoms with Crippen LogP contribution < -0.4 is 4.74 Å². The Bertz CT molecular complexity index is 749. The monoisotopic (exact) mass is 321 g/mol. The lowest BCUT2D eigenvalue weighted by atomic mass is 9.96. The van der Waals surface area contributed by atoms with Gasteiger partial charge >= 0.3 is 0 Å². The Morgan fingerprint density at radius 3 is 2.46 bits per heavy atom. The minimum atomic E-state index is -0.121. The molecule has 0 saturated carbocycles. The zero-order valence-corrected chi connectivity index (χ0v) is 14.1. The van der Waals surface area contributed by atoms with Gasteiger partial charge in [-0.3, -0.25) is 0 Å². The van der Waals surface area contributed by atoms with Gasteiger partial charge in [-0.1, -0.05) is 48.5 Å². The van der Waals surface area contributed by atoms with Crippen LogP contribution in [0.15, 0.2) is 72.4 Å². The summed E-state index contributed by atoms with van der Waals surface area (Å²) >= 11 is 0. The first-order valence-corrected chi connectivity index (χ1v) is 8.17. The number of aliphatic hydroxyl groups is 1. The molecular formula is C21H23NO2. The summed E-state index contributed by atoms with van der Waals surface area (Å²) in [5.41, 5.74) is 4.77. The molecule has 3 heteroatoms. The molecule has 0 fully saturated rings. The molecule has 0 aromatic heterocycles. The summed E-state index contributed by atoms with van der Waals surface area (Å²) in [6, 6.07) is 18.1. The van der Waals surface area contributed by atoms with E-state index in [1.54, 1.807) is 7.11 Å². The molecule has 124 valence electrons. The number of nitrogens with zero attached hydrogens (tertiary/aromatic N) is 1. The molecule has 2 aromatic rings. The second kappa shape index (κ2) is 7.37. The molecule has 0 amide bonds. The third-order valence-electron chi connectivity index (χ3n) is 4.47. The molecule has 1 aliphatic rings. The first-order chi connectivity index (χ1) is 11.7. The highest BCUT2D eigenvalue weighted by atomic mass is 16.5. The number of ether oxygens (including phenoxy) is 1. The van der Waals surface area contributed by atoms with Crippen LogP contribution in [-0.2, 0) is 0 Å². The van der Waals surface area contributed by atoms with Gasteiger partial charge in [-0.2, -0.15) is 0 Å². The van der Waals surface area contributed by atoms with Gasteiger partial charge in [0.2, 0.25) is 0 Å². The smallest absolute Gasteiger partial charge is 0.124 e. The number of aliphatic hydroxyl groups excluding tert-OH is 1. The average Bonchev–Trinajstić information content (AvgIpc) is 2.63. The minimum absolute atomic E-state index is 0.0403. The summed E-state index contributed by atoms with van der Waals surface area (Å²) in [7, 11) is 1.66. The van der Waals surface area contributed by atoms with Crippen LogP contribution in [0.2, 0.25) is 0 Å². The van der Waals surface area contributed by atoms with Crippen molar-refractivity contribution >= 4 is 5.57 Å². The van der Waals surface area contributed by atoms with E-state index >= 15 is 0 Å². The highest BCUT2D eigenvalue weighted by Gasteiger charge is 2.23. The van der Waals surface area contributed by atoms with Crippen molar-refractivity contribution in [1.82, 2.24) is 4.90 Å². The molecule has 1 heterocycles. The maximum Gasteiger partial charge on any atom is 0.124 e. The molecule has 3 rings (SSSR count). The Balaban J connectivity index is 1.87. The molecule has 1 unspecified atom stereocenters. The zero-order chi connectivity index (χ0) is 16.9. The topological polar surface area (TPSA) is 32.7 Å². The minimum Gasteiger partial charge on any atom is -0.496 e. The van der Waals surface area contributed by atoms with Crippen molar-refractivity contribution in [2.24, 2.45) is 0 Å². The summed E-state index contributed by atoms with van der Waals surface area (Å²) in [5.74, 6) is 0.806. The van der Waals surface area contributed by atoms with Crippen molar-refractivity contribution in [1.29, 1.82) is 0 Å². The van der Waals surface area contributed by atoms with Crippen molar-refractivity contribution in [3.8, 4) is 5.75 Å². The van der Waals surface area contributed by atoms with Gasteiger partial charge < -0.3 is 14.7 Å². The normalized spacial score (nSPS) is 15.5. The molecule has 0 spiro atoms. The molecular weight excluding hydrogens is 298 g/mol. The van der Waals surface area contributed by atoms with Gasteiger partial charge in [0.15, 0.2) is 0 Å². The molecule has 1 aliphatic heterocycles. The third kappa shape index (κ3) is 3.22. The molecule has 1 N–H and O–H groups in total. The summed E-state index contributed by atoms with van der Waals surface area (Å²) in [4.78, 5) is 2.17. The Hall–Kier alpha value is -2.52. The molecule has 0 radical (unpaired) electrons. The van der Waals surface area contributed by atoms with Crippen LogP contribution >= 0.6 is 0 Å². The Kier molecular flexibility index (Phi) is 5.02. The van der Waals surface area contributed by atoms with Crippen molar-refractivity contribution in [3.05, 3.63) is 83.6 Å². The SMILES string of the molecule is COc1ccccc1C(CO)N1C=CC(c2ccccc2)=C(C)C1. The van der Waals surface area contributed by atoms with E-state index in [1.165, 1.54) is 16.7 Å². The number of para-hydroxylation sites is 1. The maximum absolute atomic E-state index is 9.97. The number of methoxy groups -OCH3 is 1. The fourth-order valence-corrected chi connectivity index (χ4v) is 3.22. The molecule has 2 aromatic carbocycles. The van der Waals surface area contributed by atoms with Crippen LogP contribution in [0.5, 0.6) is 5.75 Å². The summed E-state index contributed by atoms with van der Waals surface area (Å²) in [6.45, 7) is 2.97. The van der Waals surface area contributed by atoms with Gasteiger partial charge in [0.05, 0.1) is 19.8 Å². The average molecular weight is 321 g/mol. The third-order valence-corrected chi connectivity index (χ3v) is 4.47. The first kappa shape index (κ1) is 16.3. The molecule has 0 aliphatic carbocycles. The van der Waals surface area contributed by atoms with Gasteiger partial charge in [0.1, 0.15) is 5.75 Å². The Morgan fingerprint density at radius 1 is 1.08 bits per heavy atom. The van der Waals surface area contributed by atoms with Crippen molar-refractivity contribution in [3.63, 3.8) is 0 Å². The second-order valence-electron chi connectivity index (χ2n) is 5.99. The van der Waals surface area contributed by atoms with Gasteiger partial charge in [-0.15, -0.1) is 0 Å². The number of allylic oxidation sites excluding steroid dienone is 2. The summed E-state index contributed by atoms with van der Waals surface area (Å²) in [5, 5.41) is 9.97. The van der Waals surface area contributed by atoms with E-state index in [1.807, 2.05) is 30.3 Å². The molecule has 0 saturated heterocycles. The van der Waals surface area contributed by atoms with Gasteiger partial charge in [-0.05, 0) is 35.8 Å². The number of rotatable bonds is 5. The van der Waals surface area contributed by atoms with Crippen LogP contribution in [-0.4, -0.2) is 30.3 Å². The van der Waals surface area contributed by atoms with Crippen LogP contribution in [0.4, 0.5) is 0 Å². The molecule has 0 bridgehead atoms. The lowest BCUT2D eigenvalue weighted by Crippen LogP contribution is -2.30. The predicted octanol–water partition coefficient (Wildman–Crippen LogP) is 4.03. The van der Waals surface area contributed by atoms with Gasteiger partial charge in [0.25, 0.3) is 0 Å². The Labute approximate surface area is 143 Å². The van der Waals surface area contributed by atoms with Crippen molar-refractivity contribution < 1.29 is 9.84 Å². The van der Waals surface area contributed by atoms with Crippen LogP contribution in [0.3, 0.4) is 0 Å². The van der Waals surface area contributed by atoms with Crippen molar-refractivity contribution in [2.45, 2.75) is 13.0 Å². The fourth-order valence-electron chi connectivity index (χ4n) is 3.22. The predicted molar refractivity (Wildman–Crippen MR) is 97.7 cm³/mol. The fraction of sp³-hybridized carbons (Fsp3) is 0.238. The van der Waals surface area contributed by atoms with Crippen molar-refractivity contribution in [2.75, 3.05) is 20.3 Å². The highest BCUT2D eigenvalue weighted by Crippen LogP contribution is 2.33. The largest absolute Gasteiger partial charge is 0.496 e. The van der Waals surface area contributed by atoms with E-state index in [-0.39, 0.29) is 12.6 Å². The van der Waals surface area contributed by atoms with E-state index in [9.17, 15) is 5.11 Å².